The van der Waals surface area contributed by atoms with E-state index in [9.17, 15) is 5.11 Å². The van der Waals surface area contributed by atoms with Crippen molar-refractivity contribution in [1.82, 2.24) is 0 Å². The van der Waals surface area contributed by atoms with E-state index in [1.807, 2.05) is 12.1 Å². The predicted octanol–water partition coefficient (Wildman–Crippen LogP) is 4.01. The van der Waals surface area contributed by atoms with Crippen molar-refractivity contribution in [3.05, 3.63) is 33.8 Å². The van der Waals surface area contributed by atoms with Crippen LogP contribution in [0, 0.1) is 0 Å². The molecule has 2 rings (SSSR count). The van der Waals surface area contributed by atoms with Crippen molar-refractivity contribution in [3.8, 4) is 0 Å². The Hall–Kier alpha value is -0.240. The SMILES string of the molecule is OC1CCC(c2ccc(Cl)cc2Cl)CC1. The summed E-state index contributed by atoms with van der Waals surface area (Å²) in [7, 11) is 0. The number of aliphatic hydroxyl groups excluding tert-OH is 1. The normalized spacial score (nSPS) is 26.6. The Morgan fingerprint density at radius 3 is 2.33 bits per heavy atom. The lowest BCUT2D eigenvalue weighted by atomic mass is 9.83. The van der Waals surface area contributed by atoms with E-state index in [1.165, 1.54) is 5.56 Å². The molecule has 0 aliphatic heterocycles. The number of benzene rings is 1. The quantitative estimate of drug-likeness (QED) is 0.792. The van der Waals surface area contributed by atoms with Crippen LogP contribution in [0.15, 0.2) is 18.2 Å². The summed E-state index contributed by atoms with van der Waals surface area (Å²) in [5, 5.41) is 10.9. The van der Waals surface area contributed by atoms with Gasteiger partial charge in [0.05, 0.1) is 6.10 Å². The van der Waals surface area contributed by atoms with Crippen LogP contribution in [0.4, 0.5) is 0 Å². The smallest absolute Gasteiger partial charge is 0.0540 e. The molecule has 1 nitrogen and oxygen atoms in total. The zero-order valence-corrected chi connectivity index (χ0v) is 9.93. The second-order valence-electron chi connectivity index (χ2n) is 4.17. The van der Waals surface area contributed by atoms with E-state index in [2.05, 4.69) is 0 Å². The van der Waals surface area contributed by atoms with Gasteiger partial charge in [-0.05, 0) is 49.3 Å². The number of halogens is 2. The van der Waals surface area contributed by atoms with E-state index >= 15 is 0 Å². The highest BCUT2D eigenvalue weighted by molar-refractivity contribution is 6.35. The fraction of sp³-hybridized carbons (Fsp3) is 0.500. The van der Waals surface area contributed by atoms with Crippen LogP contribution in [0.3, 0.4) is 0 Å². The highest BCUT2D eigenvalue weighted by Gasteiger charge is 2.22. The standard InChI is InChI=1S/C12H14Cl2O/c13-9-3-6-11(12(14)7-9)8-1-4-10(15)5-2-8/h3,6-8,10,15H,1-2,4-5H2. The van der Waals surface area contributed by atoms with Crippen LogP contribution >= 0.6 is 23.2 Å². The minimum absolute atomic E-state index is 0.118. The Labute approximate surface area is 100 Å². The van der Waals surface area contributed by atoms with Crippen molar-refractivity contribution in [2.75, 3.05) is 0 Å². The Morgan fingerprint density at radius 1 is 1.07 bits per heavy atom. The average molecular weight is 245 g/mol. The number of rotatable bonds is 1. The summed E-state index contributed by atoms with van der Waals surface area (Å²) in [6, 6.07) is 5.68. The number of hydrogen-bond acceptors (Lipinski definition) is 1. The van der Waals surface area contributed by atoms with Crippen LogP contribution in [-0.2, 0) is 0 Å². The zero-order valence-electron chi connectivity index (χ0n) is 8.42. The van der Waals surface area contributed by atoms with Crippen LogP contribution in [0.1, 0.15) is 37.2 Å². The minimum Gasteiger partial charge on any atom is -0.393 e. The Bertz CT molecular complexity index is 343. The summed E-state index contributed by atoms with van der Waals surface area (Å²) in [6.45, 7) is 0. The lowest BCUT2D eigenvalue weighted by molar-refractivity contribution is 0.122. The second kappa shape index (κ2) is 4.73. The van der Waals surface area contributed by atoms with Gasteiger partial charge in [0, 0.05) is 10.0 Å². The van der Waals surface area contributed by atoms with Gasteiger partial charge in [-0.3, -0.25) is 0 Å². The molecule has 1 aliphatic carbocycles. The molecule has 0 unspecified atom stereocenters. The van der Waals surface area contributed by atoms with Gasteiger partial charge in [-0.1, -0.05) is 29.3 Å². The summed E-state index contributed by atoms with van der Waals surface area (Å²) < 4.78 is 0. The van der Waals surface area contributed by atoms with Gasteiger partial charge < -0.3 is 5.11 Å². The molecule has 0 saturated heterocycles. The van der Waals surface area contributed by atoms with Gasteiger partial charge in [-0.2, -0.15) is 0 Å². The summed E-state index contributed by atoms with van der Waals surface area (Å²) >= 11 is 12.0. The lowest BCUT2D eigenvalue weighted by Gasteiger charge is -2.26. The van der Waals surface area contributed by atoms with Crippen molar-refractivity contribution in [2.24, 2.45) is 0 Å². The van der Waals surface area contributed by atoms with Gasteiger partial charge in [-0.25, -0.2) is 0 Å². The molecule has 15 heavy (non-hydrogen) atoms. The van der Waals surface area contributed by atoms with Gasteiger partial charge in [0.25, 0.3) is 0 Å². The van der Waals surface area contributed by atoms with Crippen molar-refractivity contribution in [1.29, 1.82) is 0 Å². The first kappa shape index (κ1) is 11.3. The van der Waals surface area contributed by atoms with E-state index in [0.29, 0.717) is 10.9 Å². The lowest BCUT2D eigenvalue weighted by Crippen LogP contribution is -2.17. The Morgan fingerprint density at radius 2 is 1.73 bits per heavy atom. The molecule has 0 atom stereocenters. The van der Waals surface area contributed by atoms with Gasteiger partial charge in [0.2, 0.25) is 0 Å². The summed E-state index contributed by atoms with van der Waals surface area (Å²) in [5.41, 5.74) is 1.17. The van der Waals surface area contributed by atoms with Crippen molar-refractivity contribution >= 4 is 23.2 Å². The fourth-order valence-corrected chi connectivity index (χ4v) is 2.78. The first-order valence-electron chi connectivity index (χ1n) is 5.30. The van der Waals surface area contributed by atoms with Crippen LogP contribution in [0.2, 0.25) is 10.0 Å². The molecule has 1 aromatic rings. The third-order valence-electron chi connectivity index (χ3n) is 3.10. The molecule has 1 aromatic carbocycles. The third kappa shape index (κ3) is 2.66. The van der Waals surface area contributed by atoms with Crippen molar-refractivity contribution in [3.63, 3.8) is 0 Å². The van der Waals surface area contributed by atoms with Gasteiger partial charge in [0.15, 0.2) is 0 Å². The molecule has 1 fully saturated rings. The average Bonchev–Trinajstić information content (AvgIpc) is 2.20. The maximum Gasteiger partial charge on any atom is 0.0540 e. The number of hydrogen-bond donors (Lipinski definition) is 1. The summed E-state index contributed by atoms with van der Waals surface area (Å²) in [4.78, 5) is 0. The van der Waals surface area contributed by atoms with E-state index in [1.54, 1.807) is 6.07 Å². The second-order valence-corrected chi connectivity index (χ2v) is 5.01. The van der Waals surface area contributed by atoms with E-state index in [0.717, 1.165) is 30.7 Å². The van der Waals surface area contributed by atoms with Crippen LogP contribution in [-0.4, -0.2) is 11.2 Å². The van der Waals surface area contributed by atoms with Crippen molar-refractivity contribution < 1.29 is 5.11 Å². The predicted molar refractivity (Wildman–Crippen MR) is 63.7 cm³/mol. The zero-order chi connectivity index (χ0) is 10.8. The molecule has 0 spiro atoms. The molecule has 0 radical (unpaired) electrons. The summed E-state index contributed by atoms with van der Waals surface area (Å²) in [5.74, 6) is 0.484. The first-order chi connectivity index (χ1) is 7.16. The van der Waals surface area contributed by atoms with E-state index < -0.39 is 0 Å². The van der Waals surface area contributed by atoms with Gasteiger partial charge in [0.1, 0.15) is 0 Å². The molecule has 1 N–H and O–H groups in total. The monoisotopic (exact) mass is 244 g/mol. The highest BCUT2D eigenvalue weighted by atomic mass is 35.5. The molecule has 1 saturated carbocycles. The molecule has 1 aliphatic rings. The van der Waals surface area contributed by atoms with Gasteiger partial charge in [-0.15, -0.1) is 0 Å². The van der Waals surface area contributed by atoms with Crippen LogP contribution in [0.25, 0.3) is 0 Å². The third-order valence-corrected chi connectivity index (χ3v) is 3.66. The van der Waals surface area contributed by atoms with Crippen LogP contribution < -0.4 is 0 Å². The highest BCUT2D eigenvalue weighted by Crippen LogP contribution is 2.37. The van der Waals surface area contributed by atoms with E-state index in [4.69, 9.17) is 23.2 Å². The maximum absolute atomic E-state index is 9.43. The molecule has 0 heterocycles. The fourth-order valence-electron chi connectivity index (χ4n) is 2.22. The summed E-state index contributed by atoms with van der Waals surface area (Å²) in [6.07, 6.45) is 3.67. The van der Waals surface area contributed by atoms with E-state index in [-0.39, 0.29) is 6.10 Å². The maximum atomic E-state index is 9.43. The largest absolute Gasteiger partial charge is 0.393 e. The van der Waals surface area contributed by atoms with Crippen LogP contribution in [0.5, 0.6) is 0 Å². The molecule has 3 heteroatoms. The number of aliphatic hydroxyl groups is 1. The Balaban J connectivity index is 2.15. The molecule has 82 valence electrons. The molecule has 0 bridgehead atoms. The molecular formula is C12H14Cl2O. The topological polar surface area (TPSA) is 20.2 Å². The molecular weight excluding hydrogens is 231 g/mol. The first-order valence-corrected chi connectivity index (χ1v) is 6.05. The molecule has 0 aromatic heterocycles. The molecule has 0 amide bonds. The van der Waals surface area contributed by atoms with Gasteiger partial charge >= 0.3 is 0 Å². The minimum atomic E-state index is -0.118. The van der Waals surface area contributed by atoms with Crippen molar-refractivity contribution in [2.45, 2.75) is 37.7 Å². The Kier molecular flexibility index (Phi) is 3.55.